The average molecular weight is 245 g/mol. The van der Waals surface area contributed by atoms with Crippen LogP contribution in [0.5, 0.6) is 0 Å². The van der Waals surface area contributed by atoms with E-state index >= 15 is 0 Å². The number of aryl methyl sites for hydroxylation is 1. The van der Waals surface area contributed by atoms with Crippen LogP contribution in [0.4, 0.5) is 5.82 Å². The van der Waals surface area contributed by atoms with E-state index in [4.69, 9.17) is 0 Å². The molecule has 5 heteroatoms. The molecule has 18 heavy (non-hydrogen) atoms. The topological polar surface area (TPSA) is 54.2 Å². The van der Waals surface area contributed by atoms with Crippen molar-refractivity contribution < 1.29 is 0 Å². The summed E-state index contributed by atoms with van der Waals surface area (Å²) in [4.78, 5) is 4.24. The lowest BCUT2D eigenvalue weighted by Crippen LogP contribution is -2.31. The van der Waals surface area contributed by atoms with Gasteiger partial charge in [0.15, 0.2) is 5.65 Å². The molecule has 0 bridgehead atoms. The smallest absolute Gasteiger partial charge is 0.157 e. The van der Waals surface area contributed by atoms with Crippen LogP contribution < -0.4 is 10.6 Å². The van der Waals surface area contributed by atoms with Crippen molar-refractivity contribution in [3.8, 4) is 0 Å². The zero-order valence-corrected chi connectivity index (χ0v) is 10.7. The zero-order chi connectivity index (χ0) is 12.4. The van der Waals surface area contributed by atoms with Crippen molar-refractivity contribution in [1.82, 2.24) is 19.9 Å². The third-order valence-corrected chi connectivity index (χ3v) is 3.55. The third kappa shape index (κ3) is 2.31. The molecule has 1 aliphatic rings. The van der Waals surface area contributed by atoms with Crippen LogP contribution in [0.25, 0.3) is 5.65 Å². The number of hydrogen-bond acceptors (Lipinski definition) is 4. The molecule has 0 atom stereocenters. The van der Waals surface area contributed by atoms with E-state index in [1.54, 1.807) is 6.33 Å². The molecular formula is C13H19N5. The number of hydrogen-bond donors (Lipinski definition) is 2. The minimum absolute atomic E-state index is 0.755. The fraction of sp³-hybridized carbons (Fsp3) is 0.538. The highest BCUT2D eigenvalue weighted by Gasteiger charge is 2.13. The number of nitrogens with zero attached hydrogens (tertiary/aromatic N) is 3. The quantitative estimate of drug-likeness (QED) is 0.859. The number of nitrogens with one attached hydrogen (secondary N) is 2. The summed E-state index contributed by atoms with van der Waals surface area (Å²) >= 11 is 0. The van der Waals surface area contributed by atoms with Gasteiger partial charge in [-0.1, -0.05) is 0 Å². The SMILES string of the molecule is Cc1cc(NCC2CCNCC2)n2ncnc2c1. The maximum absolute atomic E-state index is 4.25. The van der Waals surface area contributed by atoms with Crippen molar-refractivity contribution in [1.29, 1.82) is 0 Å². The van der Waals surface area contributed by atoms with Gasteiger partial charge in [0.1, 0.15) is 12.1 Å². The molecule has 2 aromatic heterocycles. The van der Waals surface area contributed by atoms with Crippen LogP contribution in [-0.4, -0.2) is 34.2 Å². The van der Waals surface area contributed by atoms with Crippen molar-refractivity contribution in [2.24, 2.45) is 5.92 Å². The van der Waals surface area contributed by atoms with Gasteiger partial charge in [0.2, 0.25) is 0 Å². The molecule has 2 N–H and O–H groups in total. The first kappa shape index (κ1) is 11.5. The van der Waals surface area contributed by atoms with Crippen molar-refractivity contribution >= 4 is 11.5 Å². The molecule has 96 valence electrons. The largest absolute Gasteiger partial charge is 0.370 e. The average Bonchev–Trinajstić information content (AvgIpc) is 2.85. The summed E-state index contributed by atoms with van der Waals surface area (Å²) in [5.74, 6) is 1.80. The predicted molar refractivity (Wildman–Crippen MR) is 71.8 cm³/mol. The van der Waals surface area contributed by atoms with Crippen molar-refractivity contribution in [3.63, 3.8) is 0 Å². The molecule has 0 radical (unpaired) electrons. The molecule has 0 aromatic carbocycles. The number of piperidine rings is 1. The summed E-state index contributed by atoms with van der Waals surface area (Å²) in [5, 5.41) is 11.2. The Balaban J connectivity index is 1.75. The summed E-state index contributed by atoms with van der Waals surface area (Å²) in [5.41, 5.74) is 2.12. The second-order valence-electron chi connectivity index (χ2n) is 5.02. The van der Waals surface area contributed by atoms with E-state index in [-0.39, 0.29) is 0 Å². The van der Waals surface area contributed by atoms with Gasteiger partial charge >= 0.3 is 0 Å². The fourth-order valence-electron chi connectivity index (χ4n) is 2.52. The summed E-state index contributed by atoms with van der Waals surface area (Å²) < 4.78 is 1.87. The van der Waals surface area contributed by atoms with E-state index in [0.717, 1.165) is 37.0 Å². The van der Waals surface area contributed by atoms with Gasteiger partial charge in [-0.25, -0.2) is 4.98 Å². The molecule has 0 aliphatic carbocycles. The Bertz CT molecular complexity index is 527. The Labute approximate surface area is 107 Å². The lowest BCUT2D eigenvalue weighted by molar-refractivity contribution is 0.389. The first-order chi connectivity index (χ1) is 8.83. The number of aromatic nitrogens is 3. The highest BCUT2D eigenvalue weighted by molar-refractivity contribution is 5.51. The van der Waals surface area contributed by atoms with Crippen molar-refractivity contribution in [3.05, 3.63) is 24.0 Å². The minimum Gasteiger partial charge on any atom is -0.370 e. The maximum atomic E-state index is 4.25. The molecule has 0 amide bonds. The van der Waals surface area contributed by atoms with E-state index in [1.807, 2.05) is 10.6 Å². The lowest BCUT2D eigenvalue weighted by atomic mass is 9.98. The van der Waals surface area contributed by atoms with Gasteiger partial charge in [-0.15, -0.1) is 0 Å². The highest BCUT2D eigenvalue weighted by atomic mass is 15.3. The highest BCUT2D eigenvalue weighted by Crippen LogP contribution is 2.16. The standard InChI is InChI=1S/C13H19N5/c1-10-6-12(18-13(7-10)16-9-17-18)15-8-11-2-4-14-5-3-11/h6-7,9,11,14-15H,2-5,8H2,1H3. The minimum atomic E-state index is 0.755. The molecular weight excluding hydrogens is 226 g/mol. The Morgan fingerprint density at radius 3 is 3.06 bits per heavy atom. The molecule has 3 heterocycles. The second-order valence-corrected chi connectivity index (χ2v) is 5.02. The Morgan fingerprint density at radius 1 is 1.39 bits per heavy atom. The Kier molecular flexibility index (Phi) is 3.15. The monoisotopic (exact) mass is 245 g/mol. The predicted octanol–water partition coefficient (Wildman–Crippen LogP) is 1.45. The van der Waals surface area contributed by atoms with Crippen LogP contribution in [0.15, 0.2) is 18.5 Å². The van der Waals surface area contributed by atoms with E-state index in [0.29, 0.717) is 0 Å². The fourth-order valence-corrected chi connectivity index (χ4v) is 2.52. The first-order valence-corrected chi connectivity index (χ1v) is 6.58. The number of fused-ring (bicyclic) bond motifs is 1. The van der Waals surface area contributed by atoms with Crippen LogP contribution in [-0.2, 0) is 0 Å². The molecule has 1 saturated heterocycles. The first-order valence-electron chi connectivity index (χ1n) is 6.58. The third-order valence-electron chi connectivity index (χ3n) is 3.55. The molecule has 2 aromatic rings. The van der Waals surface area contributed by atoms with Gasteiger partial charge in [-0.3, -0.25) is 0 Å². The van der Waals surface area contributed by atoms with Crippen LogP contribution >= 0.6 is 0 Å². The number of pyridine rings is 1. The van der Waals surface area contributed by atoms with Gasteiger partial charge in [0, 0.05) is 6.54 Å². The van der Waals surface area contributed by atoms with Gasteiger partial charge in [0.25, 0.3) is 0 Å². The van der Waals surface area contributed by atoms with E-state index in [2.05, 4.69) is 33.7 Å². The van der Waals surface area contributed by atoms with Gasteiger partial charge < -0.3 is 10.6 Å². The van der Waals surface area contributed by atoms with Crippen LogP contribution in [0.1, 0.15) is 18.4 Å². The summed E-state index contributed by atoms with van der Waals surface area (Å²) in [6.07, 6.45) is 4.10. The maximum Gasteiger partial charge on any atom is 0.157 e. The molecule has 1 aliphatic heterocycles. The van der Waals surface area contributed by atoms with Gasteiger partial charge in [-0.05, 0) is 56.5 Å². The lowest BCUT2D eigenvalue weighted by Gasteiger charge is -2.23. The Hall–Kier alpha value is -1.62. The normalized spacial score (nSPS) is 17.2. The van der Waals surface area contributed by atoms with Crippen molar-refractivity contribution in [2.75, 3.05) is 25.0 Å². The molecule has 5 nitrogen and oxygen atoms in total. The Morgan fingerprint density at radius 2 is 2.22 bits per heavy atom. The van der Waals surface area contributed by atoms with E-state index in [9.17, 15) is 0 Å². The van der Waals surface area contributed by atoms with Crippen molar-refractivity contribution in [2.45, 2.75) is 19.8 Å². The zero-order valence-electron chi connectivity index (χ0n) is 10.7. The van der Waals surface area contributed by atoms with Crippen LogP contribution in [0.2, 0.25) is 0 Å². The summed E-state index contributed by atoms with van der Waals surface area (Å²) in [6, 6.07) is 4.17. The van der Waals surface area contributed by atoms with Crippen LogP contribution in [0, 0.1) is 12.8 Å². The number of anilines is 1. The molecule has 0 saturated carbocycles. The molecule has 3 rings (SSSR count). The van der Waals surface area contributed by atoms with Gasteiger partial charge in [-0.2, -0.15) is 9.61 Å². The summed E-state index contributed by atoms with van der Waals surface area (Å²) in [6.45, 7) is 5.38. The van der Waals surface area contributed by atoms with E-state index in [1.165, 1.54) is 18.4 Å². The van der Waals surface area contributed by atoms with E-state index < -0.39 is 0 Å². The van der Waals surface area contributed by atoms with Gasteiger partial charge in [0.05, 0.1) is 0 Å². The molecule has 1 fully saturated rings. The molecule has 0 spiro atoms. The molecule has 0 unspecified atom stereocenters. The second kappa shape index (κ2) is 4.94. The number of rotatable bonds is 3. The summed E-state index contributed by atoms with van der Waals surface area (Å²) in [7, 11) is 0. The van der Waals surface area contributed by atoms with Crippen LogP contribution in [0.3, 0.4) is 0 Å².